The standard InChI is InChI=1S/C21H18N4O6/c26-18(24-21(28)23-14-6-7-16-17(10-14)30-9-8-29-16)12-31-20(27)15-11-22-25-19(15)13-4-2-1-3-5-13/h1-7,10-11H,8-9,12H2,(H,22,25)(H2,23,24,26,28). The van der Waals surface area contributed by atoms with E-state index in [0.29, 0.717) is 36.1 Å². The number of ether oxygens (including phenoxy) is 3. The quantitative estimate of drug-likeness (QED) is 0.538. The Hall–Kier alpha value is -4.34. The van der Waals surface area contributed by atoms with Crippen LogP contribution in [0.15, 0.2) is 54.7 Å². The molecule has 0 fully saturated rings. The summed E-state index contributed by atoms with van der Waals surface area (Å²) in [6.07, 6.45) is 1.32. The predicted molar refractivity (Wildman–Crippen MR) is 109 cm³/mol. The summed E-state index contributed by atoms with van der Waals surface area (Å²) in [7, 11) is 0. The molecule has 3 aromatic rings. The molecule has 158 valence electrons. The molecular formula is C21H18N4O6. The Bertz CT molecular complexity index is 1110. The van der Waals surface area contributed by atoms with Gasteiger partial charge in [-0.1, -0.05) is 30.3 Å². The SMILES string of the molecule is O=C(COC(=O)c1cn[nH]c1-c1ccccc1)NC(=O)Nc1ccc2c(c1)OCCO2. The number of fused-ring (bicyclic) bond motifs is 1. The fourth-order valence-electron chi connectivity index (χ4n) is 2.92. The van der Waals surface area contributed by atoms with Crippen LogP contribution >= 0.6 is 0 Å². The molecule has 0 radical (unpaired) electrons. The summed E-state index contributed by atoms with van der Waals surface area (Å²) in [6, 6.07) is 13.2. The van der Waals surface area contributed by atoms with Crippen molar-refractivity contribution in [2.24, 2.45) is 0 Å². The van der Waals surface area contributed by atoms with Crippen molar-refractivity contribution in [2.45, 2.75) is 0 Å². The van der Waals surface area contributed by atoms with Crippen LogP contribution in [-0.4, -0.2) is 47.9 Å². The van der Waals surface area contributed by atoms with Crippen LogP contribution in [0.25, 0.3) is 11.3 Å². The molecule has 10 nitrogen and oxygen atoms in total. The van der Waals surface area contributed by atoms with E-state index in [9.17, 15) is 14.4 Å². The van der Waals surface area contributed by atoms with Crippen molar-refractivity contribution in [1.29, 1.82) is 0 Å². The Balaban J connectivity index is 1.29. The highest BCUT2D eigenvalue weighted by molar-refractivity contribution is 6.03. The minimum absolute atomic E-state index is 0.180. The monoisotopic (exact) mass is 422 g/mol. The number of aromatic amines is 1. The molecule has 10 heteroatoms. The van der Waals surface area contributed by atoms with Gasteiger partial charge in [0.05, 0.1) is 11.9 Å². The zero-order chi connectivity index (χ0) is 21.6. The van der Waals surface area contributed by atoms with E-state index in [1.54, 1.807) is 30.3 Å². The number of hydrogen-bond donors (Lipinski definition) is 3. The fourth-order valence-corrected chi connectivity index (χ4v) is 2.92. The summed E-state index contributed by atoms with van der Waals surface area (Å²) in [5, 5.41) is 11.2. The highest BCUT2D eigenvalue weighted by atomic mass is 16.6. The molecule has 1 aliphatic rings. The summed E-state index contributed by atoms with van der Waals surface area (Å²) in [5.41, 5.74) is 1.81. The number of anilines is 1. The van der Waals surface area contributed by atoms with Crippen molar-refractivity contribution in [3.05, 3.63) is 60.3 Å². The molecule has 0 spiro atoms. The Kier molecular flexibility index (Phi) is 5.79. The van der Waals surface area contributed by atoms with E-state index in [0.717, 1.165) is 5.56 Å². The Labute approximate surface area is 176 Å². The van der Waals surface area contributed by atoms with Crippen LogP contribution in [0.5, 0.6) is 11.5 Å². The van der Waals surface area contributed by atoms with Gasteiger partial charge in [0.25, 0.3) is 5.91 Å². The van der Waals surface area contributed by atoms with Crippen LogP contribution in [0.1, 0.15) is 10.4 Å². The first kappa shape index (κ1) is 20.0. The van der Waals surface area contributed by atoms with Gasteiger partial charge in [-0.25, -0.2) is 9.59 Å². The lowest BCUT2D eigenvalue weighted by atomic mass is 10.1. The smallest absolute Gasteiger partial charge is 0.342 e. The number of esters is 1. The first-order chi connectivity index (χ1) is 15.1. The van der Waals surface area contributed by atoms with E-state index in [2.05, 4.69) is 20.8 Å². The number of nitrogens with zero attached hydrogens (tertiary/aromatic N) is 1. The van der Waals surface area contributed by atoms with Gasteiger partial charge in [-0.15, -0.1) is 0 Å². The Morgan fingerprint density at radius 2 is 1.81 bits per heavy atom. The number of nitrogens with one attached hydrogen (secondary N) is 3. The van der Waals surface area contributed by atoms with Gasteiger partial charge in [0.1, 0.15) is 18.8 Å². The van der Waals surface area contributed by atoms with E-state index < -0.39 is 24.5 Å². The van der Waals surface area contributed by atoms with Crippen LogP contribution < -0.4 is 20.1 Å². The van der Waals surface area contributed by atoms with Crippen LogP contribution in [0.4, 0.5) is 10.5 Å². The lowest BCUT2D eigenvalue weighted by molar-refractivity contribution is -0.123. The number of amides is 3. The maximum atomic E-state index is 12.3. The van der Waals surface area contributed by atoms with Gasteiger partial charge in [-0.3, -0.25) is 15.2 Å². The molecule has 4 rings (SSSR count). The van der Waals surface area contributed by atoms with Crippen molar-refractivity contribution >= 4 is 23.6 Å². The fraction of sp³-hybridized carbons (Fsp3) is 0.143. The minimum atomic E-state index is -0.784. The molecule has 1 aromatic heterocycles. The van der Waals surface area contributed by atoms with Gasteiger partial charge in [0, 0.05) is 17.3 Å². The second-order valence-corrected chi connectivity index (χ2v) is 6.46. The maximum absolute atomic E-state index is 12.3. The molecule has 3 amide bonds. The van der Waals surface area contributed by atoms with Crippen molar-refractivity contribution in [2.75, 3.05) is 25.1 Å². The van der Waals surface area contributed by atoms with E-state index in [1.807, 2.05) is 18.2 Å². The van der Waals surface area contributed by atoms with E-state index in [1.165, 1.54) is 6.20 Å². The van der Waals surface area contributed by atoms with Crippen LogP contribution in [-0.2, 0) is 9.53 Å². The predicted octanol–water partition coefficient (Wildman–Crippen LogP) is 2.35. The molecular weight excluding hydrogens is 404 g/mol. The first-order valence-electron chi connectivity index (χ1n) is 9.36. The summed E-state index contributed by atoms with van der Waals surface area (Å²) in [4.78, 5) is 36.3. The number of carbonyl (C=O) groups is 3. The van der Waals surface area contributed by atoms with Gasteiger partial charge in [0.15, 0.2) is 18.1 Å². The zero-order valence-electron chi connectivity index (χ0n) is 16.2. The third-order valence-corrected chi connectivity index (χ3v) is 4.31. The number of aromatic nitrogens is 2. The molecule has 0 atom stereocenters. The third-order valence-electron chi connectivity index (χ3n) is 4.31. The second-order valence-electron chi connectivity index (χ2n) is 6.46. The molecule has 1 aliphatic heterocycles. The Morgan fingerprint density at radius 1 is 1.03 bits per heavy atom. The van der Waals surface area contributed by atoms with Crippen molar-refractivity contribution < 1.29 is 28.6 Å². The lowest BCUT2D eigenvalue weighted by Gasteiger charge is -2.19. The number of benzene rings is 2. The van der Waals surface area contributed by atoms with E-state index in [-0.39, 0.29) is 5.56 Å². The number of H-pyrrole nitrogens is 1. The molecule has 2 aromatic carbocycles. The first-order valence-corrected chi connectivity index (χ1v) is 9.36. The lowest BCUT2D eigenvalue weighted by Crippen LogP contribution is -2.37. The van der Waals surface area contributed by atoms with Crippen LogP contribution in [0.3, 0.4) is 0 Å². The van der Waals surface area contributed by atoms with Crippen molar-refractivity contribution in [3.63, 3.8) is 0 Å². The molecule has 2 heterocycles. The van der Waals surface area contributed by atoms with Gasteiger partial charge in [0.2, 0.25) is 0 Å². The van der Waals surface area contributed by atoms with Gasteiger partial charge < -0.3 is 19.5 Å². The van der Waals surface area contributed by atoms with E-state index in [4.69, 9.17) is 14.2 Å². The maximum Gasteiger partial charge on any atom is 0.342 e. The second kappa shape index (κ2) is 8.99. The largest absolute Gasteiger partial charge is 0.486 e. The molecule has 0 saturated carbocycles. The zero-order valence-corrected chi connectivity index (χ0v) is 16.2. The van der Waals surface area contributed by atoms with E-state index >= 15 is 0 Å². The van der Waals surface area contributed by atoms with Crippen molar-refractivity contribution in [3.8, 4) is 22.8 Å². The average molecular weight is 422 g/mol. The number of carbonyl (C=O) groups excluding carboxylic acids is 3. The molecule has 0 unspecified atom stereocenters. The summed E-state index contributed by atoms with van der Waals surface area (Å²) in [5.74, 6) is -0.448. The van der Waals surface area contributed by atoms with Gasteiger partial charge in [-0.05, 0) is 12.1 Å². The Morgan fingerprint density at radius 3 is 2.61 bits per heavy atom. The molecule has 0 bridgehead atoms. The summed E-state index contributed by atoms with van der Waals surface area (Å²) in [6.45, 7) is 0.237. The summed E-state index contributed by atoms with van der Waals surface area (Å²) >= 11 is 0. The van der Waals surface area contributed by atoms with Crippen LogP contribution in [0.2, 0.25) is 0 Å². The topological polar surface area (TPSA) is 132 Å². The molecule has 0 saturated heterocycles. The minimum Gasteiger partial charge on any atom is -0.486 e. The highest BCUT2D eigenvalue weighted by Crippen LogP contribution is 2.32. The van der Waals surface area contributed by atoms with Crippen molar-refractivity contribution in [1.82, 2.24) is 15.5 Å². The normalized spacial score (nSPS) is 12.0. The molecule has 3 N–H and O–H groups in total. The molecule has 0 aliphatic carbocycles. The summed E-state index contributed by atoms with van der Waals surface area (Å²) < 4.78 is 15.9. The number of imide groups is 1. The van der Waals surface area contributed by atoms with Gasteiger partial charge >= 0.3 is 12.0 Å². The van der Waals surface area contributed by atoms with Gasteiger partial charge in [-0.2, -0.15) is 5.10 Å². The average Bonchev–Trinajstić information content (AvgIpc) is 3.28. The van der Waals surface area contributed by atoms with Crippen LogP contribution in [0, 0.1) is 0 Å². The third kappa shape index (κ3) is 4.81. The highest BCUT2D eigenvalue weighted by Gasteiger charge is 2.19. The number of rotatable bonds is 5. The number of urea groups is 1. The number of hydrogen-bond acceptors (Lipinski definition) is 7. The molecule has 31 heavy (non-hydrogen) atoms.